The minimum absolute atomic E-state index is 0.0321. The van der Waals surface area contributed by atoms with Gasteiger partial charge in [-0.05, 0) is 29.8 Å². The third-order valence-electron chi connectivity index (χ3n) is 2.93. The molecule has 8 nitrogen and oxygen atoms in total. The Hall–Kier alpha value is -2.16. The van der Waals surface area contributed by atoms with Crippen molar-refractivity contribution in [3.63, 3.8) is 0 Å². The van der Waals surface area contributed by atoms with E-state index < -0.39 is 5.97 Å². The fourth-order valence-corrected chi connectivity index (χ4v) is 2.15. The lowest BCUT2D eigenvalue weighted by Gasteiger charge is -2.04. The number of hydrogen-bond donors (Lipinski definition) is 1. The fraction of sp³-hybridized carbons (Fsp3) is 0.385. The van der Waals surface area contributed by atoms with Crippen molar-refractivity contribution < 1.29 is 14.3 Å². The predicted octanol–water partition coefficient (Wildman–Crippen LogP) is 1.60. The summed E-state index contributed by atoms with van der Waals surface area (Å²) in [5.41, 5.74) is 1.19. The third kappa shape index (κ3) is 3.53. The first-order chi connectivity index (χ1) is 10.4. The molecular weight excluding hydrogens is 354 g/mol. The Bertz CT molecular complexity index is 687. The van der Waals surface area contributed by atoms with Crippen LogP contribution in [0.1, 0.15) is 23.1 Å². The minimum atomic E-state index is -0.597. The van der Waals surface area contributed by atoms with Crippen LogP contribution in [0.5, 0.6) is 0 Å². The molecule has 1 amide bonds. The quantitative estimate of drug-likeness (QED) is 0.808. The number of carbonyl (C=O) groups is 2. The number of carbonyl (C=O) groups excluding carboxylic acids is 2. The van der Waals surface area contributed by atoms with E-state index in [1.807, 2.05) is 13.8 Å². The molecule has 0 saturated heterocycles. The summed E-state index contributed by atoms with van der Waals surface area (Å²) in [6.07, 6.45) is 3.31. The van der Waals surface area contributed by atoms with Crippen LogP contribution in [0, 0.1) is 6.92 Å². The van der Waals surface area contributed by atoms with Crippen LogP contribution in [0.25, 0.3) is 0 Å². The van der Waals surface area contributed by atoms with Gasteiger partial charge in [-0.3, -0.25) is 14.2 Å². The van der Waals surface area contributed by atoms with Crippen LogP contribution in [0.2, 0.25) is 0 Å². The molecule has 0 aliphatic heterocycles. The molecule has 0 aliphatic carbocycles. The van der Waals surface area contributed by atoms with Crippen molar-refractivity contribution in [3.8, 4) is 0 Å². The van der Waals surface area contributed by atoms with Crippen molar-refractivity contribution >= 4 is 33.5 Å². The van der Waals surface area contributed by atoms with E-state index in [-0.39, 0.29) is 18.1 Å². The number of rotatable bonds is 5. The van der Waals surface area contributed by atoms with Crippen LogP contribution < -0.4 is 5.32 Å². The van der Waals surface area contributed by atoms with Gasteiger partial charge in [-0.2, -0.15) is 10.2 Å². The number of aryl methyl sites for hydroxylation is 2. The number of ether oxygens (including phenoxy) is 1. The van der Waals surface area contributed by atoms with Gasteiger partial charge >= 0.3 is 5.97 Å². The number of methoxy groups -OCH3 is 1. The van der Waals surface area contributed by atoms with E-state index in [4.69, 9.17) is 0 Å². The van der Waals surface area contributed by atoms with E-state index in [1.54, 1.807) is 17.1 Å². The number of hydrogen-bond acceptors (Lipinski definition) is 5. The van der Waals surface area contributed by atoms with E-state index >= 15 is 0 Å². The van der Waals surface area contributed by atoms with Crippen LogP contribution in [-0.2, 0) is 22.6 Å². The number of esters is 1. The van der Waals surface area contributed by atoms with Gasteiger partial charge in [0, 0.05) is 18.9 Å². The second-order valence-corrected chi connectivity index (χ2v) is 5.40. The highest BCUT2D eigenvalue weighted by Crippen LogP contribution is 2.16. The molecule has 0 unspecified atom stereocenters. The number of amides is 1. The van der Waals surface area contributed by atoms with Gasteiger partial charge in [-0.1, -0.05) is 0 Å². The van der Waals surface area contributed by atoms with Gasteiger partial charge in [0.05, 0.1) is 23.0 Å². The van der Waals surface area contributed by atoms with Gasteiger partial charge in [0.1, 0.15) is 6.54 Å². The van der Waals surface area contributed by atoms with Crippen molar-refractivity contribution in [2.24, 2.45) is 0 Å². The summed E-state index contributed by atoms with van der Waals surface area (Å²) < 4.78 is 8.55. The molecule has 22 heavy (non-hydrogen) atoms. The number of nitrogens with one attached hydrogen (secondary N) is 1. The number of nitrogens with zero attached hydrogens (tertiary/aromatic N) is 4. The van der Waals surface area contributed by atoms with Crippen LogP contribution in [0.15, 0.2) is 16.9 Å². The molecule has 0 aliphatic rings. The molecule has 0 bridgehead atoms. The molecule has 0 radical (unpaired) electrons. The molecule has 0 fully saturated rings. The van der Waals surface area contributed by atoms with Crippen molar-refractivity contribution in [1.82, 2.24) is 19.6 Å². The molecule has 2 heterocycles. The van der Waals surface area contributed by atoms with Gasteiger partial charge in [0.2, 0.25) is 5.91 Å². The maximum atomic E-state index is 12.1. The summed E-state index contributed by atoms with van der Waals surface area (Å²) in [6, 6.07) is 0. The molecule has 0 saturated carbocycles. The minimum Gasteiger partial charge on any atom is -0.464 e. The Balaban J connectivity index is 2.13. The summed E-state index contributed by atoms with van der Waals surface area (Å²) in [6.45, 7) is 4.32. The average Bonchev–Trinajstić information content (AvgIpc) is 3.01. The molecular formula is C13H16BrN5O3. The number of halogens is 1. The van der Waals surface area contributed by atoms with Gasteiger partial charge in [-0.25, -0.2) is 4.79 Å². The lowest BCUT2D eigenvalue weighted by Crippen LogP contribution is -2.20. The average molecular weight is 370 g/mol. The van der Waals surface area contributed by atoms with Gasteiger partial charge in [0.15, 0.2) is 5.69 Å². The zero-order chi connectivity index (χ0) is 16.3. The highest BCUT2D eigenvalue weighted by atomic mass is 79.9. The molecule has 118 valence electrons. The van der Waals surface area contributed by atoms with Crippen LogP contribution in [-0.4, -0.2) is 38.5 Å². The Morgan fingerprint density at radius 2 is 2.05 bits per heavy atom. The molecule has 1 N–H and O–H groups in total. The van der Waals surface area contributed by atoms with E-state index in [0.717, 1.165) is 10.2 Å². The Labute approximate surface area is 135 Å². The molecule has 9 heteroatoms. The molecule has 0 aromatic carbocycles. The third-order valence-corrected chi connectivity index (χ3v) is 3.71. The summed E-state index contributed by atoms with van der Waals surface area (Å²) in [4.78, 5) is 23.8. The van der Waals surface area contributed by atoms with Crippen LogP contribution in [0.4, 0.5) is 5.69 Å². The highest BCUT2D eigenvalue weighted by molar-refractivity contribution is 9.10. The summed E-state index contributed by atoms with van der Waals surface area (Å²) in [5.74, 6) is -0.906. The topological polar surface area (TPSA) is 91.0 Å². The van der Waals surface area contributed by atoms with Crippen LogP contribution in [0.3, 0.4) is 0 Å². The fourth-order valence-electron chi connectivity index (χ4n) is 1.83. The van der Waals surface area contributed by atoms with E-state index in [2.05, 4.69) is 36.2 Å². The first-order valence-corrected chi connectivity index (χ1v) is 7.39. The van der Waals surface area contributed by atoms with E-state index in [9.17, 15) is 9.59 Å². The second-order valence-electron chi connectivity index (χ2n) is 4.55. The molecule has 0 atom stereocenters. The second kappa shape index (κ2) is 6.73. The zero-order valence-corrected chi connectivity index (χ0v) is 14.0. The SMILES string of the molecule is CCn1cc(NC(=O)Cn2cc(Br)c(C)n2)c(C(=O)OC)n1. The van der Waals surface area contributed by atoms with Gasteiger partial charge < -0.3 is 10.1 Å². The van der Waals surface area contributed by atoms with E-state index in [1.165, 1.54) is 11.8 Å². The maximum Gasteiger partial charge on any atom is 0.360 e. The van der Waals surface area contributed by atoms with E-state index in [0.29, 0.717) is 12.2 Å². The molecule has 2 rings (SSSR count). The van der Waals surface area contributed by atoms with Crippen molar-refractivity contribution in [1.29, 1.82) is 0 Å². The van der Waals surface area contributed by atoms with Gasteiger partial charge in [0.25, 0.3) is 0 Å². The Morgan fingerprint density at radius 1 is 1.32 bits per heavy atom. The summed E-state index contributed by atoms with van der Waals surface area (Å²) in [7, 11) is 1.27. The predicted molar refractivity (Wildman–Crippen MR) is 82.5 cm³/mol. The van der Waals surface area contributed by atoms with Gasteiger partial charge in [-0.15, -0.1) is 0 Å². The first kappa shape index (κ1) is 16.2. The monoisotopic (exact) mass is 369 g/mol. The molecule has 2 aromatic rings. The highest BCUT2D eigenvalue weighted by Gasteiger charge is 2.19. The zero-order valence-electron chi connectivity index (χ0n) is 12.5. The normalized spacial score (nSPS) is 10.5. The molecule has 0 spiro atoms. The number of anilines is 1. The van der Waals surface area contributed by atoms with Crippen molar-refractivity contribution in [3.05, 3.63) is 28.3 Å². The smallest absolute Gasteiger partial charge is 0.360 e. The maximum absolute atomic E-state index is 12.1. The number of aromatic nitrogens is 4. The lowest BCUT2D eigenvalue weighted by atomic mass is 10.3. The van der Waals surface area contributed by atoms with Crippen molar-refractivity contribution in [2.45, 2.75) is 26.9 Å². The largest absolute Gasteiger partial charge is 0.464 e. The molecule has 2 aromatic heterocycles. The summed E-state index contributed by atoms with van der Waals surface area (Å²) >= 11 is 3.34. The Kier molecular flexibility index (Phi) is 4.96. The lowest BCUT2D eigenvalue weighted by molar-refractivity contribution is -0.116. The standard InChI is InChI=1S/C13H16BrN5O3/c1-4-18-6-10(12(17-18)13(21)22-3)15-11(20)7-19-5-9(14)8(2)16-19/h5-6H,4,7H2,1-3H3,(H,15,20). The first-order valence-electron chi connectivity index (χ1n) is 6.59. The Morgan fingerprint density at radius 3 is 2.59 bits per heavy atom. The van der Waals surface area contributed by atoms with Crippen LogP contribution >= 0.6 is 15.9 Å². The summed E-state index contributed by atoms with van der Waals surface area (Å²) in [5, 5.41) is 10.9. The van der Waals surface area contributed by atoms with Crippen molar-refractivity contribution in [2.75, 3.05) is 12.4 Å².